The number of hydrogen-bond acceptors (Lipinski definition) is 4. The van der Waals surface area contributed by atoms with Crippen LogP contribution in [-0.4, -0.2) is 62.6 Å². The number of rotatable bonds is 9. The Morgan fingerprint density at radius 2 is 2.11 bits per heavy atom. The Morgan fingerprint density at radius 1 is 1.39 bits per heavy atom. The third-order valence-corrected chi connectivity index (χ3v) is 3.74. The fourth-order valence-electron chi connectivity index (χ4n) is 2.67. The summed E-state index contributed by atoms with van der Waals surface area (Å²) in [5.74, 6) is 0.920. The van der Waals surface area contributed by atoms with Crippen LogP contribution in [0, 0.1) is 5.92 Å². The molecule has 4 nitrogen and oxygen atoms in total. The Balaban J connectivity index is 2.05. The summed E-state index contributed by atoms with van der Waals surface area (Å²) in [5.41, 5.74) is 0. The number of nitrogens with zero attached hydrogens (tertiary/aromatic N) is 1. The summed E-state index contributed by atoms with van der Waals surface area (Å²) in [6.45, 7) is 7.56. The van der Waals surface area contributed by atoms with Gasteiger partial charge in [-0.3, -0.25) is 0 Å². The second-order valence-electron chi connectivity index (χ2n) is 5.38. The fourth-order valence-corrected chi connectivity index (χ4v) is 2.67. The molecule has 0 aliphatic carbocycles. The maximum atomic E-state index is 9.93. The molecule has 0 spiro atoms. The van der Waals surface area contributed by atoms with Gasteiger partial charge in [-0.05, 0) is 31.8 Å². The third-order valence-electron chi connectivity index (χ3n) is 3.74. The summed E-state index contributed by atoms with van der Waals surface area (Å²) in [7, 11) is 1.69. The fraction of sp³-hybridized carbons (Fsp3) is 1.00. The summed E-state index contributed by atoms with van der Waals surface area (Å²) in [6.07, 6.45) is 5.02. The molecule has 0 saturated carbocycles. The number of methoxy groups -OCH3 is 1. The first-order valence-corrected chi connectivity index (χ1v) is 7.36. The highest BCUT2D eigenvalue weighted by molar-refractivity contribution is 4.74. The van der Waals surface area contributed by atoms with E-state index in [1.165, 1.54) is 25.7 Å². The van der Waals surface area contributed by atoms with Crippen molar-refractivity contribution in [1.82, 2.24) is 10.2 Å². The predicted molar refractivity (Wildman–Crippen MR) is 74.8 cm³/mol. The van der Waals surface area contributed by atoms with E-state index >= 15 is 0 Å². The molecule has 1 saturated heterocycles. The standard InChI is InChI=1S/C14H30N2O2/c1-3-4-13-5-8-16(9-6-13)12-14(17)11-15-7-10-18-2/h13-15,17H,3-12H2,1-2H3. The molecule has 0 radical (unpaired) electrons. The van der Waals surface area contributed by atoms with Crippen molar-refractivity contribution in [2.24, 2.45) is 5.92 Å². The van der Waals surface area contributed by atoms with E-state index in [2.05, 4.69) is 17.1 Å². The van der Waals surface area contributed by atoms with Gasteiger partial charge in [-0.25, -0.2) is 0 Å². The highest BCUT2D eigenvalue weighted by Gasteiger charge is 2.20. The molecule has 1 atom stereocenters. The Labute approximate surface area is 112 Å². The molecule has 18 heavy (non-hydrogen) atoms. The molecule has 1 fully saturated rings. The molecule has 0 bridgehead atoms. The summed E-state index contributed by atoms with van der Waals surface area (Å²) < 4.78 is 4.95. The van der Waals surface area contributed by atoms with E-state index in [1.54, 1.807) is 7.11 Å². The van der Waals surface area contributed by atoms with E-state index in [1.807, 2.05) is 0 Å². The van der Waals surface area contributed by atoms with Gasteiger partial charge in [-0.2, -0.15) is 0 Å². The van der Waals surface area contributed by atoms with Crippen molar-refractivity contribution in [3.05, 3.63) is 0 Å². The lowest BCUT2D eigenvalue weighted by molar-refractivity contribution is 0.0857. The molecule has 0 amide bonds. The van der Waals surface area contributed by atoms with E-state index in [0.717, 1.165) is 32.1 Å². The molecule has 4 heteroatoms. The number of aliphatic hydroxyl groups excluding tert-OH is 1. The minimum atomic E-state index is -0.260. The zero-order valence-corrected chi connectivity index (χ0v) is 12.0. The van der Waals surface area contributed by atoms with Crippen molar-refractivity contribution in [3.63, 3.8) is 0 Å². The van der Waals surface area contributed by atoms with Crippen molar-refractivity contribution >= 4 is 0 Å². The van der Waals surface area contributed by atoms with Crippen LogP contribution < -0.4 is 5.32 Å². The van der Waals surface area contributed by atoms with Gasteiger partial charge in [0.15, 0.2) is 0 Å². The molecular formula is C14H30N2O2. The average Bonchev–Trinajstić information content (AvgIpc) is 2.37. The van der Waals surface area contributed by atoms with Crippen molar-refractivity contribution in [2.45, 2.75) is 38.7 Å². The lowest BCUT2D eigenvalue weighted by Gasteiger charge is -2.33. The van der Waals surface area contributed by atoms with Gasteiger partial charge in [-0.1, -0.05) is 19.8 Å². The summed E-state index contributed by atoms with van der Waals surface area (Å²) in [6, 6.07) is 0. The number of hydrogen-bond donors (Lipinski definition) is 2. The van der Waals surface area contributed by atoms with Gasteiger partial charge in [-0.15, -0.1) is 0 Å². The maximum absolute atomic E-state index is 9.93. The minimum Gasteiger partial charge on any atom is -0.390 e. The van der Waals surface area contributed by atoms with E-state index in [4.69, 9.17) is 4.74 Å². The lowest BCUT2D eigenvalue weighted by atomic mass is 9.92. The van der Waals surface area contributed by atoms with Crippen molar-refractivity contribution < 1.29 is 9.84 Å². The van der Waals surface area contributed by atoms with Gasteiger partial charge in [0.05, 0.1) is 12.7 Å². The lowest BCUT2D eigenvalue weighted by Crippen LogP contribution is -2.42. The minimum absolute atomic E-state index is 0.260. The molecule has 1 aliphatic rings. The third kappa shape index (κ3) is 6.69. The van der Waals surface area contributed by atoms with Crippen LogP contribution in [0.15, 0.2) is 0 Å². The first-order chi connectivity index (χ1) is 8.76. The monoisotopic (exact) mass is 258 g/mol. The topological polar surface area (TPSA) is 44.7 Å². The largest absolute Gasteiger partial charge is 0.390 e. The molecule has 2 N–H and O–H groups in total. The van der Waals surface area contributed by atoms with Crippen LogP contribution in [0.4, 0.5) is 0 Å². The van der Waals surface area contributed by atoms with Crippen molar-refractivity contribution in [3.8, 4) is 0 Å². The van der Waals surface area contributed by atoms with Crippen LogP contribution in [0.25, 0.3) is 0 Å². The molecule has 0 aromatic rings. The Morgan fingerprint density at radius 3 is 2.72 bits per heavy atom. The Hall–Kier alpha value is -0.160. The number of piperidine rings is 1. The molecule has 0 aromatic carbocycles. The first-order valence-electron chi connectivity index (χ1n) is 7.36. The number of likely N-dealkylation sites (tertiary alicyclic amines) is 1. The van der Waals surface area contributed by atoms with Gasteiger partial charge in [0.1, 0.15) is 0 Å². The van der Waals surface area contributed by atoms with Crippen LogP contribution in [0.3, 0.4) is 0 Å². The van der Waals surface area contributed by atoms with Crippen molar-refractivity contribution in [1.29, 1.82) is 0 Å². The van der Waals surface area contributed by atoms with Crippen LogP contribution in [0.1, 0.15) is 32.6 Å². The highest BCUT2D eigenvalue weighted by atomic mass is 16.5. The summed E-state index contributed by atoms with van der Waals surface area (Å²) in [5, 5.41) is 13.1. The van der Waals surface area contributed by atoms with Crippen LogP contribution in [0.5, 0.6) is 0 Å². The smallest absolute Gasteiger partial charge is 0.0791 e. The van der Waals surface area contributed by atoms with Gasteiger partial charge >= 0.3 is 0 Å². The molecule has 1 aliphatic heterocycles. The zero-order valence-electron chi connectivity index (χ0n) is 12.0. The van der Waals surface area contributed by atoms with Crippen LogP contribution in [0.2, 0.25) is 0 Å². The van der Waals surface area contributed by atoms with Gasteiger partial charge in [0, 0.05) is 26.7 Å². The molecular weight excluding hydrogens is 228 g/mol. The number of nitrogens with one attached hydrogen (secondary N) is 1. The molecule has 0 aromatic heterocycles. The summed E-state index contributed by atoms with van der Waals surface area (Å²) >= 11 is 0. The average molecular weight is 258 g/mol. The SMILES string of the molecule is CCCC1CCN(CC(O)CNCCOC)CC1. The number of aliphatic hydroxyl groups is 1. The van der Waals surface area contributed by atoms with E-state index in [0.29, 0.717) is 13.2 Å². The summed E-state index contributed by atoms with van der Waals surface area (Å²) in [4.78, 5) is 2.40. The predicted octanol–water partition coefficient (Wildman–Crippen LogP) is 1.10. The zero-order chi connectivity index (χ0) is 13.2. The van der Waals surface area contributed by atoms with E-state index in [9.17, 15) is 5.11 Å². The molecule has 108 valence electrons. The molecule has 1 unspecified atom stereocenters. The first kappa shape index (κ1) is 15.9. The Kier molecular flexibility index (Phi) is 8.59. The molecule has 1 heterocycles. The van der Waals surface area contributed by atoms with E-state index < -0.39 is 0 Å². The Bertz CT molecular complexity index is 194. The van der Waals surface area contributed by atoms with Crippen LogP contribution in [-0.2, 0) is 4.74 Å². The van der Waals surface area contributed by atoms with Crippen molar-refractivity contribution in [2.75, 3.05) is 46.4 Å². The highest BCUT2D eigenvalue weighted by Crippen LogP contribution is 2.21. The second-order valence-corrected chi connectivity index (χ2v) is 5.38. The van der Waals surface area contributed by atoms with Crippen LogP contribution >= 0.6 is 0 Å². The maximum Gasteiger partial charge on any atom is 0.0791 e. The van der Waals surface area contributed by atoms with Gasteiger partial charge in [0.25, 0.3) is 0 Å². The van der Waals surface area contributed by atoms with Gasteiger partial charge < -0.3 is 20.1 Å². The van der Waals surface area contributed by atoms with Gasteiger partial charge in [0.2, 0.25) is 0 Å². The quantitative estimate of drug-likeness (QED) is 0.608. The number of β-amino-alcohol motifs (C(OH)–C–C–N with tert-alkyl or cyclic N) is 1. The second kappa shape index (κ2) is 9.73. The number of ether oxygens (including phenoxy) is 1. The normalized spacial score (nSPS) is 20.2. The van der Waals surface area contributed by atoms with E-state index in [-0.39, 0.29) is 6.10 Å². The molecule has 1 rings (SSSR count).